The van der Waals surface area contributed by atoms with Crippen LogP contribution in [0.25, 0.3) is 0 Å². The van der Waals surface area contributed by atoms with E-state index in [0.29, 0.717) is 5.82 Å². The van der Waals surface area contributed by atoms with Crippen LogP contribution >= 0.6 is 0 Å². The summed E-state index contributed by atoms with van der Waals surface area (Å²) in [7, 11) is 0. The van der Waals surface area contributed by atoms with Crippen molar-refractivity contribution >= 4 is 11.7 Å². The normalized spacial score (nSPS) is 21.5. The molecule has 1 saturated heterocycles. The summed E-state index contributed by atoms with van der Waals surface area (Å²) in [6.45, 7) is 2.44. The molecule has 0 spiro atoms. The lowest BCUT2D eigenvalue weighted by Gasteiger charge is -2.26. The Morgan fingerprint density at radius 2 is 2.47 bits per heavy atom. The number of pyridine rings is 1. The van der Waals surface area contributed by atoms with Crippen LogP contribution in [0.3, 0.4) is 0 Å². The van der Waals surface area contributed by atoms with Crippen LogP contribution in [0.1, 0.15) is 31.4 Å². The number of carbonyl (C=O) groups is 1. The first kappa shape index (κ1) is 11.9. The van der Waals surface area contributed by atoms with Crippen molar-refractivity contribution in [3.05, 3.63) is 23.9 Å². The monoisotopic (exact) mass is 235 g/mol. The van der Waals surface area contributed by atoms with Gasteiger partial charge >= 0.3 is 0 Å². The predicted molar refractivity (Wildman–Crippen MR) is 64.4 cm³/mol. The van der Waals surface area contributed by atoms with E-state index >= 15 is 0 Å². The van der Waals surface area contributed by atoms with E-state index in [9.17, 15) is 9.90 Å². The Morgan fingerprint density at radius 1 is 1.71 bits per heavy atom. The molecule has 1 amide bonds. The molecule has 0 bridgehead atoms. The second-order valence-electron chi connectivity index (χ2n) is 4.35. The van der Waals surface area contributed by atoms with Crippen molar-refractivity contribution in [3.63, 3.8) is 0 Å². The lowest BCUT2D eigenvalue weighted by Crippen LogP contribution is -2.41. The molecule has 0 radical (unpaired) electrons. The number of carbonyl (C=O) groups excluding carboxylic acids is 1. The van der Waals surface area contributed by atoms with E-state index in [0.717, 1.165) is 24.9 Å². The van der Waals surface area contributed by atoms with Gasteiger partial charge in [-0.05, 0) is 25.8 Å². The molecule has 17 heavy (non-hydrogen) atoms. The Hall–Kier alpha value is -1.62. The van der Waals surface area contributed by atoms with E-state index in [2.05, 4.69) is 4.98 Å². The van der Waals surface area contributed by atoms with Crippen LogP contribution in [0.4, 0.5) is 5.82 Å². The van der Waals surface area contributed by atoms with Gasteiger partial charge in [0.1, 0.15) is 11.9 Å². The minimum absolute atomic E-state index is 0.303. The van der Waals surface area contributed by atoms with Gasteiger partial charge in [-0.25, -0.2) is 4.98 Å². The number of hydrogen-bond donors (Lipinski definition) is 2. The molecule has 0 aromatic carbocycles. The Balaban J connectivity index is 2.36. The quantitative estimate of drug-likeness (QED) is 0.803. The van der Waals surface area contributed by atoms with Crippen molar-refractivity contribution in [1.29, 1.82) is 0 Å². The lowest BCUT2D eigenvalue weighted by molar-refractivity contribution is -0.119. The number of hydrogen-bond acceptors (Lipinski definition) is 4. The fourth-order valence-corrected chi connectivity index (χ4v) is 2.29. The third-order valence-electron chi connectivity index (χ3n) is 3.12. The van der Waals surface area contributed by atoms with Gasteiger partial charge in [-0.3, -0.25) is 4.79 Å². The fraction of sp³-hybridized carbons (Fsp3) is 0.500. The van der Waals surface area contributed by atoms with Crippen LogP contribution in [0.5, 0.6) is 0 Å². The molecule has 3 N–H and O–H groups in total. The zero-order valence-corrected chi connectivity index (χ0v) is 9.84. The Kier molecular flexibility index (Phi) is 3.28. The third-order valence-corrected chi connectivity index (χ3v) is 3.12. The van der Waals surface area contributed by atoms with Crippen molar-refractivity contribution in [2.75, 3.05) is 11.4 Å². The first-order chi connectivity index (χ1) is 8.11. The van der Waals surface area contributed by atoms with E-state index in [4.69, 9.17) is 5.73 Å². The molecule has 2 atom stereocenters. The number of amides is 1. The number of anilines is 1. The van der Waals surface area contributed by atoms with Crippen LogP contribution in [0, 0.1) is 0 Å². The summed E-state index contributed by atoms with van der Waals surface area (Å²) < 4.78 is 0. The SMILES string of the molecule is C[C@@H](O)c1cccnc1N1CCCC1C(N)=O. The molecule has 1 fully saturated rings. The summed E-state index contributed by atoms with van der Waals surface area (Å²) in [4.78, 5) is 17.5. The average Bonchev–Trinajstić information content (AvgIpc) is 2.77. The minimum atomic E-state index is -0.604. The van der Waals surface area contributed by atoms with Gasteiger partial charge in [-0.2, -0.15) is 0 Å². The number of aromatic nitrogens is 1. The zero-order chi connectivity index (χ0) is 12.4. The van der Waals surface area contributed by atoms with Crippen LogP contribution in [-0.2, 0) is 4.79 Å². The van der Waals surface area contributed by atoms with Gasteiger partial charge in [0.2, 0.25) is 5.91 Å². The molecular formula is C12H17N3O2. The van der Waals surface area contributed by atoms with E-state index < -0.39 is 6.10 Å². The number of nitrogens with zero attached hydrogens (tertiary/aromatic N) is 2. The van der Waals surface area contributed by atoms with Crippen LogP contribution in [0.2, 0.25) is 0 Å². The third kappa shape index (κ3) is 2.24. The minimum Gasteiger partial charge on any atom is -0.389 e. The Morgan fingerprint density at radius 3 is 3.12 bits per heavy atom. The molecule has 2 rings (SSSR count). The first-order valence-electron chi connectivity index (χ1n) is 5.80. The van der Waals surface area contributed by atoms with Gasteiger partial charge in [0.05, 0.1) is 6.10 Å². The van der Waals surface area contributed by atoms with Gasteiger partial charge < -0.3 is 15.7 Å². The summed E-state index contributed by atoms with van der Waals surface area (Å²) in [5.41, 5.74) is 6.12. The zero-order valence-electron chi connectivity index (χ0n) is 9.84. The fourth-order valence-electron chi connectivity index (χ4n) is 2.29. The van der Waals surface area contributed by atoms with Crippen molar-refractivity contribution in [1.82, 2.24) is 4.98 Å². The first-order valence-corrected chi connectivity index (χ1v) is 5.80. The Bertz CT molecular complexity index is 420. The summed E-state index contributed by atoms with van der Waals surface area (Å²) in [5, 5.41) is 9.71. The van der Waals surface area contributed by atoms with Crippen molar-refractivity contribution in [3.8, 4) is 0 Å². The number of primary amides is 1. The summed E-state index contributed by atoms with van der Waals surface area (Å²) in [6.07, 6.45) is 2.74. The van der Waals surface area contributed by atoms with Crippen molar-refractivity contribution in [2.24, 2.45) is 5.73 Å². The molecule has 1 unspecified atom stereocenters. The predicted octanol–water partition coefficient (Wildman–Crippen LogP) is 0.589. The van der Waals surface area contributed by atoms with Gasteiger partial charge in [0.25, 0.3) is 0 Å². The van der Waals surface area contributed by atoms with E-state index in [1.54, 1.807) is 19.2 Å². The topological polar surface area (TPSA) is 79.5 Å². The number of nitrogens with two attached hydrogens (primary N) is 1. The standard InChI is InChI=1S/C12H17N3O2/c1-8(16)9-4-2-6-14-12(9)15-7-3-5-10(15)11(13)17/h2,4,6,8,10,16H,3,5,7H2,1H3,(H2,13,17)/t8-,10?/m1/s1. The Labute approximate surface area is 100 Å². The highest BCUT2D eigenvalue weighted by atomic mass is 16.3. The summed E-state index contributed by atoms with van der Waals surface area (Å²) in [5.74, 6) is 0.341. The van der Waals surface area contributed by atoms with E-state index in [1.807, 2.05) is 11.0 Å². The van der Waals surface area contributed by atoms with Crippen molar-refractivity contribution < 1.29 is 9.90 Å². The molecule has 5 nitrogen and oxygen atoms in total. The maximum Gasteiger partial charge on any atom is 0.240 e. The second kappa shape index (κ2) is 4.71. The van der Waals surface area contributed by atoms with Crippen molar-refractivity contribution in [2.45, 2.75) is 31.9 Å². The molecule has 1 aromatic rings. The van der Waals surface area contributed by atoms with Crippen LogP contribution in [-0.4, -0.2) is 28.6 Å². The van der Waals surface area contributed by atoms with Crippen LogP contribution in [0.15, 0.2) is 18.3 Å². The van der Waals surface area contributed by atoms with Gasteiger partial charge in [-0.15, -0.1) is 0 Å². The average molecular weight is 235 g/mol. The molecule has 92 valence electrons. The number of rotatable bonds is 3. The maximum absolute atomic E-state index is 11.4. The molecule has 0 saturated carbocycles. The lowest BCUT2D eigenvalue weighted by atomic mass is 10.1. The second-order valence-corrected chi connectivity index (χ2v) is 4.35. The highest BCUT2D eigenvalue weighted by Gasteiger charge is 2.31. The number of aliphatic hydroxyl groups excluding tert-OH is 1. The molecule has 1 aliphatic rings. The molecule has 1 aromatic heterocycles. The molecule has 0 aliphatic carbocycles. The van der Waals surface area contributed by atoms with Gasteiger partial charge in [0.15, 0.2) is 0 Å². The summed E-state index contributed by atoms with van der Waals surface area (Å²) in [6, 6.07) is 3.30. The van der Waals surface area contributed by atoms with E-state index in [1.165, 1.54) is 0 Å². The molecule has 1 aliphatic heterocycles. The van der Waals surface area contributed by atoms with Crippen LogP contribution < -0.4 is 10.6 Å². The molecular weight excluding hydrogens is 218 g/mol. The largest absolute Gasteiger partial charge is 0.389 e. The molecule has 2 heterocycles. The summed E-state index contributed by atoms with van der Waals surface area (Å²) >= 11 is 0. The van der Waals surface area contributed by atoms with Gasteiger partial charge in [-0.1, -0.05) is 6.07 Å². The number of aliphatic hydroxyl groups is 1. The van der Waals surface area contributed by atoms with E-state index in [-0.39, 0.29) is 11.9 Å². The smallest absolute Gasteiger partial charge is 0.240 e. The molecule has 5 heteroatoms. The maximum atomic E-state index is 11.4. The van der Waals surface area contributed by atoms with Gasteiger partial charge in [0, 0.05) is 18.3 Å². The highest BCUT2D eigenvalue weighted by molar-refractivity contribution is 5.84. The highest BCUT2D eigenvalue weighted by Crippen LogP contribution is 2.29.